The molecule has 1 fully saturated rings. The summed E-state index contributed by atoms with van der Waals surface area (Å²) in [5, 5.41) is 17.2. The Labute approximate surface area is 158 Å². The molecule has 136 valence electrons. The van der Waals surface area contributed by atoms with E-state index in [9.17, 15) is 5.26 Å². The smallest absolute Gasteiger partial charge is 0.170 e. The number of anilines is 2. The van der Waals surface area contributed by atoms with Crippen molar-refractivity contribution in [1.29, 1.82) is 5.26 Å². The predicted molar refractivity (Wildman–Crippen MR) is 104 cm³/mol. The summed E-state index contributed by atoms with van der Waals surface area (Å²) in [5.41, 5.74) is 3.60. The second-order valence-corrected chi connectivity index (χ2v) is 6.49. The van der Waals surface area contributed by atoms with E-state index in [0.29, 0.717) is 11.4 Å². The Morgan fingerprint density at radius 2 is 1.78 bits per heavy atom. The van der Waals surface area contributed by atoms with Gasteiger partial charge in [-0.2, -0.15) is 5.26 Å². The highest BCUT2D eigenvalue weighted by Gasteiger charge is 2.12. The van der Waals surface area contributed by atoms with Gasteiger partial charge < -0.3 is 10.1 Å². The first-order valence-electron chi connectivity index (χ1n) is 9.03. The van der Waals surface area contributed by atoms with Gasteiger partial charge >= 0.3 is 0 Å². The van der Waals surface area contributed by atoms with Gasteiger partial charge in [0.15, 0.2) is 5.82 Å². The summed E-state index contributed by atoms with van der Waals surface area (Å²) in [5.74, 6) is 0.558. The SMILES string of the molecule is N#Cc1cn(-c2ccccc2)nc1Nc1ccc(CN2CCOCC2)cc1. The van der Waals surface area contributed by atoms with E-state index in [1.807, 2.05) is 42.5 Å². The molecule has 4 rings (SSSR count). The van der Waals surface area contributed by atoms with Crippen LogP contribution < -0.4 is 5.32 Å². The maximum absolute atomic E-state index is 9.42. The fraction of sp³-hybridized carbons (Fsp3) is 0.238. The molecule has 6 heteroatoms. The van der Waals surface area contributed by atoms with Crippen LogP contribution in [-0.2, 0) is 11.3 Å². The number of nitriles is 1. The van der Waals surface area contributed by atoms with Crippen LogP contribution in [0.3, 0.4) is 0 Å². The monoisotopic (exact) mass is 359 g/mol. The molecule has 6 nitrogen and oxygen atoms in total. The van der Waals surface area contributed by atoms with Crippen LogP contribution in [-0.4, -0.2) is 41.0 Å². The number of aromatic nitrogens is 2. The third-order valence-electron chi connectivity index (χ3n) is 4.58. The first kappa shape index (κ1) is 17.3. The first-order chi connectivity index (χ1) is 13.3. The zero-order valence-electron chi connectivity index (χ0n) is 15.0. The zero-order valence-corrected chi connectivity index (χ0v) is 15.0. The Bertz CT molecular complexity index is 921. The Hall–Kier alpha value is -3.14. The number of benzene rings is 2. The number of rotatable bonds is 5. The van der Waals surface area contributed by atoms with Gasteiger partial charge in [-0.1, -0.05) is 30.3 Å². The molecule has 1 aliphatic rings. The summed E-state index contributed by atoms with van der Waals surface area (Å²) < 4.78 is 7.11. The first-order valence-corrected chi connectivity index (χ1v) is 9.03. The van der Waals surface area contributed by atoms with Crippen molar-refractivity contribution in [2.24, 2.45) is 0 Å². The van der Waals surface area contributed by atoms with Crippen molar-refractivity contribution in [3.05, 3.63) is 71.9 Å². The molecule has 2 aromatic carbocycles. The lowest BCUT2D eigenvalue weighted by atomic mass is 10.2. The van der Waals surface area contributed by atoms with Gasteiger partial charge in [0.1, 0.15) is 11.6 Å². The molecule has 0 spiro atoms. The van der Waals surface area contributed by atoms with Gasteiger partial charge in [0.25, 0.3) is 0 Å². The molecule has 0 aliphatic carbocycles. The molecule has 0 bridgehead atoms. The quantitative estimate of drug-likeness (QED) is 0.757. The van der Waals surface area contributed by atoms with Crippen molar-refractivity contribution in [3.8, 4) is 11.8 Å². The van der Waals surface area contributed by atoms with Crippen molar-refractivity contribution < 1.29 is 4.74 Å². The molecule has 27 heavy (non-hydrogen) atoms. The molecule has 1 aliphatic heterocycles. The number of hydrogen-bond acceptors (Lipinski definition) is 5. The van der Waals surface area contributed by atoms with Gasteiger partial charge in [-0.25, -0.2) is 4.68 Å². The summed E-state index contributed by atoms with van der Waals surface area (Å²) in [6.45, 7) is 4.49. The Kier molecular flexibility index (Phi) is 5.15. The topological polar surface area (TPSA) is 66.1 Å². The Morgan fingerprint density at radius 3 is 2.48 bits per heavy atom. The molecule has 1 saturated heterocycles. The number of nitrogens with one attached hydrogen (secondary N) is 1. The van der Waals surface area contributed by atoms with E-state index in [1.165, 1.54) is 5.56 Å². The van der Waals surface area contributed by atoms with Gasteiger partial charge in [0, 0.05) is 25.3 Å². The summed E-state index contributed by atoms with van der Waals surface area (Å²) in [6.07, 6.45) is 1.74. The second-order valence-electron chi connectivity index (χ2n) is 6.49. The lowest BCUT2D eigenvalue weighted by Crippen LogP contribution is -2.35. The van der Waals surface area contributed by atoms with Crippen LogP contribution in [0.4, 0.5) is 11.5 Å². The third kappa shape index (κ3) is 4.17. The molecular weight excluding hydrogens is 338 g/mol. The average Bonchev–Trinajstić information content (AvgIpc) is 3.14. The van der Waals surface area contributed by atoms with Crippen LogP contribution >= 0.6 is 0 Å². The van der Waals surface area contributed by atoms with E-state index < -0.39 is 0 Å². The van der Waals surface area contributed by atoms with E-state index in [1.54, 1.807) is 10.9 Å². The number of morpholine rings is 1. The van der Waals surface area contributed by atoms with E-state index in [2.05, 4.69) is 33.5 Å². The molecule has 1 aromatic heterocycles. The molecule has 0 saturated carbocycles. The molecular formula is C21H21N5O. The molecule has 0 radical (unpaired) electrons. The molecule has 1 N–H and O–H groups in total. The fourth-order valence-corrected chi connectivity index (χ4v) is 3.11. The highest BCUT2D eigenvalue weighted by atomic mass is 16.5. The lowest BCUT2D eigenvalue weighted by Gasteiger charge is -2.26. The van der Waals surface area contributed by atoms with Gasteiger partial charge in [-0.15, -0.1) is 5.10 Å². The standard InChI is InChI=1S/C21H21N5O/c22-14-18-16-26(20-4-2-1-3-5-20)24-21(18)23-19-8-6-17(7-9-19)15-25-10-12-27-13-11-25/h1-9,16H,10-13,15H2,(H,23,24). The van der Waals surface area contributed by atoms with Crippen LogP contribution in [0.1, 0.15) is 11.1 Å². The second kappa shape index (κ2) is 8.04. The summed E-state index contributed by atoms with van der Waals surface area (Å²) >= 11 is 0. The fourth-order valence-electron chi connectivity index (χ4n) is 3.11. The van der Waals surface area contributed by atoms with E-state index in [4.69, 9.17) is 4.74 Å². The maximum atomic E-state index is 9.42. The van der Waals surface area contributed by atoms with Crippen molar-refractivity contribution in [2.75, 3.05) is 31.6 Å². The van der Waals surface area contributed by atoms with E-state index in [0.717, 1.165) is 44.2 Å². The maximum Gasteiger partial charge on any atom is 0.170 e. The summed E-state index contributed by atoms with van der Waals surface area (Å²) in [4.78, 5) is 2.39. The van der Waals surface area contributed by atoms with Crippen LogP contribution in [0.2, 0.25) is 0 Å². The van der Waals surface area contributed by atoms with Crippen LogP contribution in [0, 0.1) is 11.3 Å². The Balaban J connectivity index is 1.47. The van der Waals surface area contributed by atoms with Gasteiger partial charge in [-0.3, -0.25) is 4.90 Å². The van der Waals surface area contributed by atoms with Crippen molar-refractivity contribution in [1.82, 2.24) is 14.7 Å². The van der Waals surface area contributed by atoms with Crippen molar-refractivity contribution in [3.63, 3.8) is 0 Å². The van der Waals surface area contributed by atoms with Crippen molar-refractivity contribution in [2.45, 2.75) is 6.54 Å². The molecule has 2 heterocycles. The summed E-state index contributed by atoms with van der Waals surface area (Å²) in [7, 11) is 0. The minimum absolute atomic E-state index is 0.510. The van der Waals surface area contributed by atoms with Gasteiger partial charge in [-0.05, 0) is 29.8 Å². The lowest BCUT2D eigenvalue weighted by molar-refractivity contribution is 0.0342. The normalized spacial score (nSPS) is 14.6. The van der Waals surface area contributed by atoms with Gasteiger partial charge in [0.2, 0.25) is 0 Å². The average molecular weight is 359 g/mol. The summed E-state index contributed by atoms with van der Waals surface area (Å²) in [6, 6.07) is 20.2. The van der Waals surface area contributed by atoms with Gasteiger partial charge in [0.05, 0.1) is 25.1 Å². The largest absolute Gasteiger partial charge is 0.379 e. The predicted octanol–water partition coefficient (Wildman–Crippen LogP) is 3.32. The number of para-hydroxylation sites is 1. The zero-order chi connectivity index (χ0) is 18.5. The number of hydrogen-bond donors (Lipinski definition) is 1. The Morgan fingerprint density at radius 1 is 1.04 bits per heavy atom. The van der Waals surface area contributed by atoms with Crippen LogP contribution in [0.15, 0.2) is 60.8 Å². The number of ether oxygens (including phenoxy) is 1. The molecule has 0 unspecified atom stereocenters. The van der Waals surface area contributed by atoms with Crippen LogP contribution in [0.25, 0.3) is 5.69 Å². The van der Waals surface area contributed by atoms with E-state index in [-0.39, 0.29) is 0 Å². The highest BCUT2D eigenvalue weighted by molar-refractivity contribution is 5.63. The minimum Gasteiger partial charge on any atom is -0.379 e. The minimum atomic E-state index is 0.510. The highest BCUT2D eigenvalue weighted by Crippen LogP contribution is 2.21. The molecule has 0 amide bonds. The number of nitrogens with zero attached hydrogens (tertiary/aromatic N) is 4. The molecule has 3 aromatic rings. The van der Waals surface area contributed by atoms with E-state index >= 15 is 0 Å². The third-order valence-corrected chi connectivity index (χ3v) is 4.58. The molecule has 0 atom stereocenters. The van der Waals surface area contributed by atoms with Crippen molar-refractivity contribution >= 4 is 11.5 Å². The van der Waals surface area contributed by atoms with Crippen LogP contribution in [0.5, 0.6) is 0 Å².